The number of hydrogen-bond donors (Lipinski definition) is 0. The van der Waals surface area contributed by atoms with Crippen LogP contribution in [0.3, 0.4) is 0 Å². The van der Waals surface area contributed by atoms with Gasteiger partial charge in [-0.25, -0.2) is 12.1 Å². The normalized spacial score (nSPS) is 4.80. The zero-order valence-corrected chi connectivity index (χ0v) is 8.99. The Morgan fingerprint density at radius 1 is 1.10 bits per heavy atom. The third-order valence-electron chi connectivity index (χ3n) is 0.514. The summed E-state index contributed by atoms with van der Waals surface area (Å²) in [6.07, 6.45) is 3.34. The molecule has 0 radical (unpaired) electrons. The van der Waals surface area contributed by atoms with Crippen LogP contribution in [0.2, 0.25) is 0 Å². The van der Waals surface area contributed by atoms with Gasteiger partial charge in [-0.1, -0.05) is 12.4 Å². The Hall–Kier alpha value is 0.734. The van der Waals surface area contributed by atoms with E-state index in [-0.39, 0.29) is 58.9 Å². The summed E-state index contributed by atoms with van der Waals surface area (Å²) in [4.78, 5) is 3.73. The molecule has 0 aliphatic carbocycles. The average Bonchev–Trinajstić information content (AvgIpc) is 1.72. The van der Waals surface area contributed by atoms with Crippen molar-refractivity contribution in [3.63, 3.8) is 0 Å². The fourth-order valence-electron chi connectivity index (χ4n) is 0.277. The standard InChI is InChI=1S/C5H4N.3ClH.Ti/c1-2-4-6-5-3-1;;;;/h1-2,4-5H;3*1H;/q-1;;;;. The molecule has 0 unspecified atom stereocenters. The maximum absolute atomic E-state index is 3.73. The zero-order chi connectivity index (χ0) is 4.24. The first-order valence-corrected chi connectivity index (χ1v) is 1.76. The summed E-state index contributed by atoms with van der Waals surface area (Å²) in [5.41, 5.74) is 0. The number of rotatable bonds is 0. The molecule has 0 N–H and O–H groups in total. The molecule has 1 aromatic rings. The van der Waals surface area contributed by atoms with Gasteiger partial charge in [-0.15, -0.1) is 37.2 Å². The summed E-state index contributed by atoms with van der Waals surface area (Å²) in [6.45, 7) is 0. The summed E-state index contributed by atoms with van der Waals surface area (Å²) in [7, 11) is 0. The first kappa shape index (κ1) is 22.4. The van der Waals surface area contributed by atoms with Gasteiger partial charge >= 0.3 is 0 Å². The minimum Gasteiger partial charge on any atom is -0.304 e. The first-order valence-electron chi connectivity index (χ1n) is 1.76. The molecule has 0 amide bonds. The molecular formula is C5H7Cl3NTi-. The minimum absolute atomic E-state index is 0. The van der Waals surface area contributed by atoms with Gasteiger partial charge in [0, 0.05) is 21.7 Å². The fourth-order valence-corrected chi connectivity index (χ4v) is 0.277. The second-order valence-corrected chi connectivity index (χ2v) is 0.953. The number of halogens is 3. The van der Waals surface area contributed by atoms with Crippen molar-refractivity contribution in [3.05, 3.63) is 30.6 Å². The van der Waals surface area contributed by atoms with Gasteiger partial charge in [0.05, 0.1) is 0 Å². The summed E-state index contributed by atoms with van der Waals surface area (Å²) in [6, 6.07) is 6.43. The van der Waals surface area contributed by atoms with Crippen LogP contribution in [0, 0.1) is 6.07 Å². The van der Waals surface area contributed by atoms with E-state index in [1.54, 1.807) is 12.4 Å². The van der Waals surface area contributed by atoms with Gasteiger partial charge in [-0.05, 0) is 0 Å². The number of pyridine rings is 1. The Bertz CT molecular complexity index is 88.8. The van der Waals surface area contributed by atoms with Crippen molar-refractivity contribution in [3.8, 4) is 0 Å². The van der Waals surface area contributed by atoms with E-state index in [1.807, 2.05) is 12.1 Å². The second-order valence-electron chi connectivity index (χ2n) is 0.953. The van der Waals surface area contributed by atoms with Crippen molar-refractivity contribution in [2.24, 2.45) is 0 Å². The topological polar surface area (TPSA) is 12.9 Å². The van der Waals surface area contributed by atoms with E-state index in [0.717, 1.165) is 0 Å². The summed E-state index contributed by atoms with van der Waals surface area (Å²) in [5, 5.41) is 0. The average molecular weight is 235 g/mol. The Kier molecular flexibility index (Phi) is 36.7. The van der Waals surface area contributed by atoms with Crippen molar-refractivity contribution < 1.29 is 21.7 Å². The van der Waals surface area contributed by atoms with E-state index in [2.05, 4.69) is 11.1 Å². The molecule has 1 heterocycles. The van der Waals surface area contributed by atoms with Crippen LogP contribution in [-0.2, 0) is 21.7 Å². The molecule has 0 atom stereocenters. The largest absolute Gasteiger partial charge is 0.304 e. The molecule has 0 aliphatic heterocycles. The van der Waals surface area contributed by atoms with E-state index in [9.17, 15) is 0 Å². The van der Waals surface area contributed by atoms with E-state index in [4.69, 9.17) is 0 Å². The molecular weight excluding hydrogens is 228 g/mol. The first-order chi connectivity index (χ1) is 3.00. The van der Waals surface area contributed by atoms with Crippen molar-refractivity contribution >= 4 is 37.2 Å². The SMILES string of the molecule is Cl.Cl.Cl.[Ti].[c-]1cccnc1. The Labute approximate surface area is 94.1 Å². The molecule has 5 heteroatoms. The van der Waals surface area contributed by atoms with Crippen LogP contribution < -0.4 is 0 Å². The Morgan fingerprint density at radius 2 is 1.70 bits per heavy atom. The van der Waals surface area contributed by atoms with Crippen LogP contribution in [-0.4, -0.2) is 4.98 Å². The van der Waals surface area contributed by atoms with E-state index < -0.39 is 0 Å². The third-order valence-corrected chi connectivity index (χ3v) is 0.514. The number of hydrogen-bond acceptors (Lipinski definition) is 1. The molecule has 0 bridgehead atoms. The second kappa shape index (κ2) is 16.4. The maximum Gasteiger partial charge on any atom is 0 e. The van der Waals surface area contributed by atoms with Crippen molar-refractivity contribution in [2.75, 3.05) is 0 Å². The summed E-state index contributed by atoms with van der Waals surface area (Å²) >= 11 is 0. The molecule has 1 rings (SSSR count). The minimum atomic E-state index is 0. The summed E-state index contributed by atoms with van der Waals surface area (Å²) < 4.78 is 0. The molecule has 0 saturated carbocycles. The molecule has 58 valence electrons. The van der Waals surface area contributed by atoms with Crippen molar-refractivity contribution in [2.45, 2.75) is 0 Å². The number of nitrogens with zero attached hydrogens (tertiary/aromatic N) is 1. The van der Waals surface area contributed by atoms with Crippen molar-refractivity contribution in [1.29, 1.82) is 0 Å². The van der Waals surface area contributed by atoms with Gasteiger partial charge < -0.3 is 4.98 Å². The van der Waals surface area contributed by atoms with Gasteiger partial charge in [0.15, 0.2) is 0 Å². The monoisotopic (exact) mass is 234 g/mol. The van der Waals surface area contributed by atoms with Crippen LogP contribution in [0.25, 0.3) is 0 Å². The molecule has 1 nitrogen and oxygen atoms in total. The molecule has 0 saturated heterocycles. The smallest absolute Gasteiger partial charge is 0 e. The molecule has 0 fully saturated rings. The molecule has 10 heavy (non-hydrogen) atoms. The maximum atomic E-state index is 3.73. The summed E-state index contributed by atoms with van der Waals surface area (Å²) in [5.74, 6) is 0. The van der Waals surface area contributed by atoms with Gasteiger partial charge in [-0.3, -0.25) is 0 Å². The predicted molar refractivity (Wildman–Crippen MR) is 44.8 cm³/mol. The quantitative estimate of drug-likeness (QED) is 0.496. The molecule has 0 aliphatic rings. The van der Waals surface area contributed by atoms with E-state index in [1.165, 1.54) is 0 Å². The van der Waals surface area contributed by atoms with Crippen LogP contribution in [0.5, 0.6) is 0 Å². The van der Waals surface area contributed by atoms with Crippen molar-refractivity contribution in [1.82, 2.24) is 4.98 Å². The van der Waals surface area contributed by atoms with Crippen LogP contribution in [0.15, 0.2) is 24.5 Å². The Morgan fingerprint density at radius 3 is 1.80 bits per heavy atom. The van der Waals surface area contributed by atoms with Gasteiger partial charge in [-0.2, -0.15) is 6.07 Å². The zero-order valence-electron chi connectivity index (χ0n) is 4.98. The molecule has 0 aromatic carbocycles. The number of aromatic nitrogens is 1. The van der Waals surface area contributed by atoms with Gasteiger partial charge in [0.1, 0.15) is 0 Å². The van der Waals surface area contributed by atoms with Gasteiger partial charge in [0.2, 0.25) is 0 Å². The fraction of sp³-hybridized carbons (Fsp3) is 0. The van der Waals surface area contributed by atoms with E-state index >= 15 is 0 Å². The third kappa shape index (κ3) is 11.5. The van der Waals surface area contributed by atoms with Gasteiger partial charge in [0.25, 0.3) is 0 Å². The van der Waals surface area contributed by atoms with E-state index in [0.29, 0.717) is 0 Å². The van der Waals surface area contributed by atoms with Crippen LogP contribution in [0.4, 0.5) is 0 Å². The molecule has 0 spiro atoms. The molecule has 1 aromatic heterocycles. The van der Waals surface area contributed by atoms with Crippen LogP contribution >= 0.6 is 37.2 Å². The Balaban J connectivity index is -0.0000000450. The predicted octanol–water partition coefficient (Wildman–Crippen LogP) is 2.14. The van der Waals surface area contributed by atoms with Crippen LogP contribution in [0.1, 0.15) is 0 Å².